The van der Waals surface area contributed by atoms with Crippen molar-refractivity contribution in [3.8, 4) is 22.6 Å². The first-order chi connectivity index (χ1) is 20.8. The summed E-state index contributed by atoms with van der Waals surface area (Å²) in [6, 6.07) is 9.46. The second-order valence-corrected chi connectivity index (χ2v) is 11.6. The predicted molar refractivity (Wildman–Crippen MR) is 159 cm³/mol. The number of aromatic nitrogens is 1. The fourth-order valence-electron chi connectivity index (χ4n) is 5.07. The quantitative estimate of drug-likeness (QED) is 0.260. The topological polar surface area (TPSA) is 139 Å². The maximum atomic E-state index is 14.7. The normalized spacial score (nSPS) is 17.2. The van der Waals surface area contributed by atoms with Crippen molar-refractivity contribution in [2.24, 2.45) is 5.92 Å². The van der Waals surface area contributed by atoms with Gasteiger partial charge in [-0.05, 0) is 75.9 Å². The zero-order valence-electron chi connectivity index (χ0n) is 24.9. The van der Waals surface area contributed by atoms with E-state index in [1.54, 1.807) is 20.8 Å². The van der Waals surface area contributed by atoms with Gasteiger partial charge in [-0.3, -0.25) is 9.59 Å². The molecule has 2 aromatic carbocycles. The van der Waals surface area contributed by atoms with Crippen LogP contribution in [0.5, 0.6) is 11.5 Å². The molecule has 3 atom stereocenters. The molecule has 3 amide bonds. The van der Waals surface area contributed by atoms with Gasteiger partial charge in [0.05, 0.1) is 13.3 Å². The molecule has 1 saturated carbocycles. The molecule has 1 aliphatic carbocycles. The van der Waals surface area contributed by atoms with Gasteiger partial charge >= 0.3 is 6.09 Å². The van der Waals surface area contributed by atoms with Crippen molar-refractivity contribution in [2.45, 2.75) is 64.1 Å². The molecule has 0 aliphatic heterocycles. The van der Waals surface area contributed by atoms with Gasteiger partial charge in [-0.15, -0.1) is 0 Å². The van der Waals surface area contributed by atoms with Crippen LogP contribution in [0, 0.1) is 17.6 Å². The Morgan fingerprint density at radius 2 is 1.75 bits per heavy atom. The number of amides is 3. The summed E-state index contributed by atoms with van der Waals surface area (Å²) < 4.78 is 38.9. The van der Waals surface area contributed by atoms with Gasteiger partial charge < -0.3 is 30.5 Å². The summed E-state index contributed by atoms with van der Waals surface area (Å²) in [6.07, 6.45) is 2.35. The standard InChI is InChI=1S/C32H36F2N4O6/c1-32(2,3)44-31(42)38-28(18-8-11-22(39)12-9-18)30(41)36-21-7-5-6-19(14-21)29(40)37-27-16-24(25(34)17-35-27)23-13-10-20(33)15-26(23)43-4/h8-13,15-17,19,21,28,39H,5-7,14H2,1-4H3,(H,36,41)(H,38,42)(H,35,37,40)/t19-,21+,28+/m0/s1. The van der Waals surface area contributed by atoms with Crippen LogP contribution in [-0.4, -0.2) is 46.8 Å². The minimum Gasteiger partial charge on any atom is -0.508 e. The molecule has 1 fully saturated rings. The van der Waals surface area contributed by atoms with E-state index in [1.165, 1.54) is 49.6 Å². The number of phenols is 1. The van der Waals surface area contributed by atoms with Crippen molar-refractivity contribution >= 4 is 23.7 Å². The van der Waals surface area contributed by atoms with Gasteiger partial charge in [-0.2, -0.15) is 0 Å². The number of phenolic OH excluding ortho intramolecular Hbond substituents is 1. The first kappa shape index (κ1) is 32.2. The molecule has 4 N–H and O–H groups in total. The van der Waals surface area contributed by atoms with Crippen LogP contribution in [0.3, 0.4) is 0 Å². The van der Waals surface area contributed by atoms with Crippen LogP contribution in [0.2, 0.25) is 0 Å². The Morgan fingerprint density at radius 1 is 1.02 bits per heavy atom. The number of alkyl carbamates (subject to hydrolysis) is 1. The van der Waals surface area contributed by atoms with Crippen LogP contribution in [0.25, 0.3) is 11.1 Å². The number of anilines is 1. The summed E-state index contributed by atoms with van der Waals surface area (Å²) in [5, 5.41) is 18.0. The summed E-state index contributed by atoms with van der Waals surface area (Å²) in [6.45, 7) is 5.12. The average Bonchev–Trinajstić information content (AvgIpc) is 2.96. The molecule has 44 heavy (non-hydrogen) atoms. The number of aromatic hydroxyl groups is 1. The first-order valence-electron chi connectivity index (χ1n) is 14.2. The molecule has 4 rings (SSSR count). The van der Waals surface area contributed by atoms with Gasteiger partial charge in [-0.25, -0.2) is 18.6 Å². The lowest BCUT2D eigenvalue weighted by Crippen LogP contribution is -2.47. The second-order valence-electron chi connectivity index (χ2n) is 11.6. The van der Waals surface area contributed by atoms with Crippen LogP contribution < -0.4 is 20.7 Å². The lowest BCUT2D eigenvalue weighted by molar-refractivity contribution is -0.126. The number of methoxy groups -OCH3 is 1. The number of carbonyl (C=O) groups is 3. The third kappa shape index (κ3) is 8.42. The van der Waals surface area contributed by atoms with Crippen molar-refractivity contribution in [1.82, 2.24) is 15.6 Å². The second kappa shape index (κ2) is 13.7. The van der Waals surface area contributed by atoms with E-state index in [2.05, 4.69) is 20.9 Å². The highest BCUT2D eigenvalue weighted by molar-refractivity contribution is 5.93. The number of ether oxygens (including phenoxy) is 2. The minimum atomic E-state index is -1.11. The number of carbonyl (C=O) groups excluding carboxylic acids is 3. The van der Waals surface area contributed by atoms with E-state index in [4.69, 9.17) is 9.47 Å². The Bertz CT molecular complexity index is 1510. The summed E-state index contributed by atoms with van der Waals surface area (Å²) in [4.78, 5) is 43.2. The van der Waals surface area contributed by atoms with Gasteiger partial charge in [0.25, 0.3) is 0 Å². The Labute approximate surface area is 254 Å². The molecule has 234 valence electrons. The van der Waals surface area contributed by atoms with Gasteiger partial charge in [-0.1, -0.05) is 18.6 Å². The first-order valence-corrected chi connectivity index (χ1v) is 14.2. The Kier molecular flexibility index (Phi) is 10.0. The van der Waals surface area contributed by atoms with Crippen molar-refractivity contribution in [3.63, 3.8) is 0 Å². The van der Waals surface area contributed by atoms with Crippen LogP contribution in [0.4, 0.5) is 19.4 Å². The molecular formula is C32H36F2N4O6. The molecule has 12 heteroatoms. The van der Waals surface area contributed by atoms with E-state index in [1.807, 2.05) is 0 Å². The summed E-state index contributed by atoms with van der Waals surface area (Å²) in [5.41, 5.74) is 0.0359. The smallest absolute Gasteiger partial charge is 0.408 e. The SMILES string of the molecule is COc1cc(F)ccc1-c1cc(NC(=O)[C@H]2CCC[C@@H](NC(=O)[C@H](NC(=O)OC(C)(C)C)c3ccc(O)cc3)C2)ncc1F. The molecule has 0 unspecified atom stereocenters. The molecular weight excluding hydrogens is 574 g/mol. The molecule has 0 bridgehead atoms. The highest BCUT2D eigenvalue weighted by Crippen LogP contribution is 2.34. The lowest BCUT2D eigenvalue weighted by atomic mass is 9.85. The number of nitrogens with one attached hydrogen (secondary N) is 3. The van der Waals surface area contributed by atoms with Crippen LogP contribution in [0.15, 0.2) is 54.7 Å². The van der Waals surface area contributed by atoms with E-state index in [9.17, 15) is 28.3 Å². The van der Waals surface area contributed by atoms with E-state index in [0.717, 1.165) is 12.3 Å². The van der Waals surface area contributed by atoms with Crippen molar-refractivity contribution in [3.05, 3.63) is 71.9 Å². The van der Waals surface area contributed by atoms with E-state index >= 15 is 0 Å². The molecule has 1 aromatic heterocycles. The molecule has 0 saturated heterocycles. The van der Waals surface area contributed by atoms with Gasteiger partial charge in [0.1, 0.15) is 40.6 Å². The van der Waals surface area contributed by atoms with E-state index in [0.29, 0.717) is 36.8 Å². The number of nitrogens with zero attached hydrogens (tertiary/aromatic N) is 1. The number of hydrogen-bond donors (Lipinski definition) is 4. The monoisotopic (exact) mass is 610 g/mol. The highest BCUT2D eigenvalue weighted by atomic mass is 19.1. The Balaban J connectivity index is 1.44. The maximum absolute atomic E-state index is 14.7. The highest BCUT2D eigenvalue weighted by Gasteiger charge is 2.32. The lowest BCUT2D eigenvalue weighted by Gasteiger charge is -2.30. The maximum Gasteiger partial charge on any atom is 0.408 e. The van der Waals surface area contributed by atoms with Crippen LogP contribution >= 0.6 is 0 Å². The summed E-state index contributed by atoms with van der Waals surface area (Å²) >= 11 is 0. The number of benzene rings is 2. The van der Waals surface area contributed by atoms with Crippen molar-refractivity contribution < 1.29 is 37.7 Å². The fraction of sp³-hybridized carbons (Fsp3) is 0.375. The number of rotatable bonds is 8. The van der Waals surface area contributed by atoms with E-state index < -0.39 is 41.2 Å². The molecule has 10 nitrogen and oxygen atoms in total. The average molecular weight is 611 g/mol. The number of halogens is 2. The zero-order valence-corrected chi connectivity index (χ0v) is 24.9. The van der Waals surface area contributed by atoms with Gasteiger partial charge in [0.2, 0.25) is 11.8 Å². The van der Waals surface area contributed by atoms with Crippen molar-refractivity contribution in [1.29, 1.82) is 0 Å². The molecule has 3 aromatic rings. The van der Waals surface area contributed by atoms with Crippen LogP contribution in [-0.2, 0) is 14.3 Å². The zero-order chi connectivity index (χ0) is 32.0. The van der Waals surface area contributed by atoms with E-state index in [-0.39, 0.29) is 34.8 Å². The Hall–Kier alpha value is -4.74. The molecule has 1 heterocycles. The summed E-state index contributed by atoms with van der Waals surface area (Å²) in [5.74, 6) is -2.28. The molecule has 0 radical (unpaired) electrons. The minimum absolute atomic E-state index is 0.00544. The fourth-order valence-corrected chi connectivity index (χ4v) is 5.07. The summed E-state index contributed by atoms with van der Waals surface area (Å²) in [7, 11) is 1.35. The van der Waals surface area contributed by atoms with Gasteiger partial charge in [0.15, 0.2) is 0 Å². The number of hydrogen-bond acceptors (Lipinski definition) is 7. The van der Waals surface area contributed by atoms with Crippen LogP contribution in [0.1, 0.15) is 58.1 Å². The predicted octanol–water partition coefficient (Wildman–Crippen LogP) is 5.62. The number of pyridine rings is 1. The largest absolute Gasteiger partial charge is 0.508 e. The Morgan fingerprint density at radius 3 is 2.43 bits per heavy atom. The third-order valence-electron chi connectivity index (χ3n) is 7.10. The van der Waals surface area contributed by atoms with Crippen molar-refractivity contribution in [2.75, 3.05) is 12.4 Å². The third-order valence-corrected chi connectivity index (χ3v) is 7.10. The van der Waals surface area contributed by atoms with Gasteiger partial charge in [0, 0.05) is 29.2 Å². The molecule has 1 aliphatic rings. The molecule has 0 spiro atoms.